The lowest BCUT2D eigenvalue weighted by atomic mass is 10.3. The van der Waals surface area contributed by atoms with Crippen molar-refractivity contribution in [2.45, 2.75) is 6.42 Å². The van der Waals surface area contributed by atoms with Gasteiger partial charge < -0.3 is 15.2 Å². The summed E-state index contributed by atoms with van der Waals surface area (Å²) in [6.45, 7) is 0.486. The van der Waals surface area contributed by atoms with Crippen molar-refractivity contribution in [2.24, 2.45) is 0 Å². The van der Waals surface area contributed by atoms with Crippen LogP contribution in [0.3, 0.4) is 0 Å². The molecule has 0 fully saturated rings. The summed E-state index contributed by atoms with van der Waals surface area (Å²) in [4.78, 5) is 18.3. The minimum Gasteiger partial charge on any atom is -0.373 e. The van der Waals surface area contributed by atoms with E-state index in [1.54, 1.807) is 7.05 Å². The van der Waals surface area contributed by atoms with Crippen molar-refractivity contribution in [3.8, 4) is 0 Å². The van der Waals surface area contributed by atoms with Gasteiger partial charge >= 0.3 is 0 Å². The van der Waals surface area contributed by atoms with Crippen LogP contribution in [0.4, 0.5) is 17.3 Å². The first-order valence-corrected chi connectivity index (χ1v) is 5.52. The second-order valence-electron chi connectivity index (χ2n) is 3.61. The number of anilines is 2. The van der Waals surface area contributed by atoms with E-state index in [-0.39, 0.29) is 5.69 Å². The first-order valence-electron chi connectivity index (χ1n) is 5.52. The Kier molecular flexibility index (Phi) is 3.86. The molecule has 2 aromatic heterocycles. The summed E-state index contributed by atoms with van der Waals surface area (Å²) in [6.07, 6.45) is 1.83. The molecule has 2 rings (SSSR count). The van der Waals surface area contributed by atoms with Gasteiger partial charge in [-0.05, 0) is 0 Å². The quantitative estimate of drug-likeness (QED) is 0.587. The van der Waals surface area contributed by atoms with Crippen LogP contribution in [0.1, 0.15) is 5.89 Å². The van der Waals surface area contributed by atoms with E-state index in [2.05, 4.69) is 25.8 Å². The predicted molar refractivity (Wildman–Crippen MR) is 66.9 cm³/mol. The highest BCUT2D eigenvalue weighted by Crippen LogP contribution is 2.20. The van der Waals surface area contributed by atoms with Crippen LogP contribution in [0.5, 0.6) is 0 Å². The number of nitro groups is 1. The SMILES string of the molecule is CNc1cc([N+](=O)[O-])cc(NCCc2ncno2)n1. The molecule has 0 unspecified atom stereocenters. The van der Waals surface area contributed by atoms with E-state index in [0.717, 1.165) is 0 Å². The van der Waals surface area contributed by atoms with Crippen molar-refractivity contribution >= 4 is 17.3 Å². The highest BCUT2D eigenvalue weighted by Gasteiger charge is 2.10. The first kappa shape index (κ1) is 12.7. The van der Waals surface area contributed by atoms with Crippen LogP contribution < -0.4 is 10.6 Å². The molecule has 9 heteroatoms. The standard InChI is InChI=1S/C10H12N6O3/c1-11-8-4-7(16(17)18)5-9(15-8)12-3-2-10-13-6-14-19-10/h4-6H,2-3H2,1H3,(H2,11,12,15). The number of aromatic nitrogens is 3. The van der Waals surface area contributed by atoms with Gasteiger partial charge in [0.2, 0.25) is 5.89 Å². The molecule has 0 bridgehead atoms. The molecule has 0 saturated carbocycles. The summed E-state index contributed by atoms with van der Waals surface area (Å²) in [5.74, 6) is 1.33. The van der Waals surface area contributed by atoms with Crippen molar-refractivity contribution in [1.29, 1.82) is 0 Å². The van der Waals surface area contributed by atoms with Gasteiger partial charge in [0, 0.05) is 20.0 Å². The Labute approximate surface area is 108 Å². The molecule has 2 N–H and O–H groups in total. The Hall–Kier alpha value is -2.71. The molecule has 2 aromatic rings. The molecule has 0 aliphatic carbocycles. The van der Waals surface area contributed by atoms with E-state index in [1.165, 1.54) is 18.5 Å². The molecule has 0 spiro atoms. The summed E-state index contributed by atoms with van der Waals surface area (Å²) >= 11 is 0. The lowest BCUT2D eigenvalue weighted by Gasteiger charge is -2.06. The molecule has 0 atom stereocenters. The fourth-order valence-electron chi connectivity index (χ4n) is 1.44. The van der Waals surface area contributed by atoms with Crippen molar-refractivity contribution < 1.29 is 9.45 Å². The zero-order valence-corrected chi connectivity index (χ0v) is 10.2. The minimum absolute atomic E-state index is 0.0281. The molecule has 0 radical (unpaired) electrons. The first-order chi connectivity index (χ1) is 9.19. The molecule has 9 nitrogen and oxygen atoms in total. The van der Waals surface area contributed by atoms with Crippen LogP contribution in [0.25, 0.3) is 0 Å². The summed E-state index contributed by atoms with van der Waals surface area (Å²) in [5, 5.41) is 20.0. The van der Waals surface area contributed by atoms with Gasteiger partial charge in [0.15, 0.2) is 6.33 Å². The van der Waals surface area contributed by atoms with Crippen LogP contribution in [0.2, 0.25) is 0 Å². The van der Waals surface area contributed by atoms with E-state index in [1.807, 2.05) is 0 Å². The molecule has 0 saturated heterocycles. The average molecular weight is 264 g/mol. The summed E-state index contributed by atoms with van der Waals surface area (Å²) in [7, 11) is 1.65. The topological polar surface area (TPSA) is 119 Å². The maximum absolute atomic E-state index is 10.8. The second kappa shape index (κ2) is 5.76. The highest BCUT2D eigenvalue weighted by atomic mass is 16.6. The lowest BCUT2D eigenvalue weighted by Crippen LogP contribution is -2.08. The third kappa shape index (κ3) is 3.37. The lowest BCUT2D eigenvalue weighted by molar-refractivity contribution is -0.384. The molecule has 0 amide bonds. The molecular weight excluding hydrogens is 252 g/mol. The minimum atomic E-state index is -0.467. The Morgan fingerprint density at radius 2 is 2.21 bits per heavy atom. The van der Waals surface area contributed by atoms with Crippen LogP contribution in [0, 0.1) is 10.1 Å². The zero-order valence-electron chi connectivity index (χ0n) is 10.2. The molecular formula is C10H12N6O3. The second-order valence-corrected chi connectivity index (χ2v) is 3.61. The van der Waals surface area contributed by atoms with Gasteiger partial charge in [-0.3, -0.25) is 10.1 Å². The fraction of sp³-hybridized carbons (Fsp3) is 0.300. The van der Waals surface area contributed by atoms with Gasteiger partial charge in [-0.2, -0.15) is 4.98 Å². The number of hydrogen-bond donors (Lipinski definition) is 2. The molecule has 0 aromatic carbocycles. The highest BCUT2D eigenvalue weighted by molar-refractivity contribution is 5.54. The molecule has 2 heterocycles. The summed E-state index contributed by atoms with van der Waals surface area (Å²) < 4.78 is 4.84. The zero-order chi connectivity index (χ0) is 13.7. The van der Waals surface area contributed by atoms with Gasteiger partial charge in [-0.15, -0.1) is 0 Å². The van der Waals surface area contributed by atoms with Gasteiger partial charge in [0.25, 0.3) is 5.69 Å². The molecule has 0 aliphatic heterocycles. The fourth-order valence-corrected chi connectivity index (χ4v) is 1.44. The van der Waals surface area contributed by atoms with Gasteiger partial charge in [0.05, 0.1) is 17.1 Å². The molecule has 0 aliphatic rings. The van der Waals surface area contributed by atoms with E-state index in [0.29, 0.717) is 30.5 Å². The third-order valence-corrected chi connectivity index (χ3v) is 2.33. The van der Waals surface area contributed by atoms with Crippen molar-refractivity contribution in [2.75, 3.05) is 24.2 Å². The Morgan fingerprint density at radius 3 is 2.84 bits per heavy atom. The van der Waals surface area contributed by atoms with Crippen LogP contribution in [-0.2, 0) is 6.42 Å². The Morgan fingerprint density at radius 1 is 1.42 bits per heavy atom. The van der Waals surface area contributed by atoms with Gasteiger partial charge in [-0.25, -0.2) is 4.98 Å². The summed E-state index contributed by atoms with van der Waals surface area (Å²) in [6, 6.07) is 2.73. The third-order valence-electron chi connectivity index (χ3n) is 2.33. The van der Waals surface area contributed by atoms with E-state index in [4.69, 9.17) is 4.52 Å². The number of nitrogens with zero attached hydrogens (tertiary/aromatic N) is 4. The normalized spacial score (nSPS) is 10.2. The number of pyridine rings is 1. The Balaban J connectivity index is 2.02. The van der Waals surface area contributed by atoms with E-state index < -0.39 is 4.92 Å². The maximum Gasteiger partial charge on any atom is 0.276 e. The Bertz CT molecular complexity index is 556. The maximum atomic E-state index is 10.8. The van der Waals surface area contributed by atoms with E-state index in [9.17, 15) is 10.1 Å². The van der Waals surface area contributed by atoms with Crippen LogP contribution >= 0.6 is 0 Å². The van der Waals surface area contributed by atoms with Crippen molar-refractivity contribution in [3.63, 3.8) is 0 Å². The number of nitrogens with one attached hydrogen (secondary N) is 2. The number of hydrogen-bond acceptors (Lipinski definition) is 8. The largest absolute Gasteiger partial charge is 0.373 e. The monoisotopic (exact) mass is 264 g/mol. The summed E-state index contributed by atoms with van der Waals surface area (Å²) in [5.41, 5.74) is -0.0281. The molecule has 19 heavy (non-hydrogen) atoms. The van der Waals surface area contributed by atoms with Crippen molar-refractivity contribution in [1.82, 2.24) is 15.1 Å². The van der Waals surface area contributed by atoms with Crippen LogP contribution in [-0.4, -0.2) is 33.6 Å². The predicted octanol–water partition coefficient (Wildman–Crippen LogP) is 1.07. The molecule has 100 valence electrons. The van der Waals surface area contributed by atoms with Gasteiger partial charge in [-0.1, -0.05) is 5.16 Å². The van der Waals surface area contributed by atoms with E-state index >= 15 is 0 Å². The average Bonchev–Trinajstić information content (AvgIpc) is 2.91. The van der Waals surface area contributed by atoms with Gasteiger partial charge in [0.1, 0.15) is 11.6 Å². The van der Waals surface area contributed by atoms with Crippen LogP contribution in [0.15, 0.2) is 23.0 Å². The number of rotatable bonds is 6. The smallest absolute Gasteiger partial charge is 0.276 e. The van der Waals surface area contributed by atoms with Crippen molar-refractivity contribution in [3.05, 3.63) is 34.5 Å².